The average molecular weight is 263 g/mol. The molecule has 0 bridgehead atoms. The van der Waals surface area contributed by atoms with E-state index in [1.165, 1.54) is 14.7 Å². The van der Waals surface area contributed by atoms with Crippen molar-refractivity contribution < 1.29 is 0 Å². The maximum atomic E-state index is 4.74. The summed E-state index contributed by atoms with van der Waals surface area (Å²) in [5.41, 5.74) is 2.36. The smallest absolute Gasteiger partial charge is 0.106 e. The lowest BCUT2D eigenvalue weighted by Gasteiger charge is -1.99. The molecule has 2 heterocycles. The summed E-state index contributed by atoms with van der Waals surface area (Å²) in [6.07, 6.45) is 2.08. The standard InChI is InChI=1S/C12H9NS3/c1-14-11-8-6-7-15-12(8)16-10-5-3-2-4-9(10)13-11/h2-7H,1H3. The number of nitrogens with zero attached hydrogens (tertiary/aromatic N) is 1. The van der Waals surface area contributed by atoms with E-state index in [0.29, 0.717) is 0 Å². The third kappa shape index (κ3) is 1.71. The van der Waals surface area contributed by atoms with Gasteiger partial charge < -0.3 is 0 Å². The molecule has 4 heteroatoms. The highest BCUT2D eigenvalue weighted by atomic mass is 32.2. The first kappa shape index (κ1) is 10.4. The van der Waals surface area contributed by atoms with Crippen LogP contribution >= 0.6 is 34.9 Å². The molecule has 0 amide bonds. The number of fused-ring (bicyclic) bond motifs is 2. The van der Waals surface area contributed by atoms with Crippen LogP contribution in [-0.4, -0.2) is 11.3 Å². The van der Waals surface area contributed by atoms with Gasteiger partial charge in [-0.1, -0.05) is 23.9 Å². The van der Waals surface area contributed by atoms with Crippen molar-refractivity contribution in [1.29, 1.82) is 0 Å². The Morgan fingerprint density at radius 3 is 2.94 bits per heavy atom. The third-order valence-electron chi connectivity index (χ3n) is 2.34. The van der Waals surface area contributed by atoms with Gasteiger partial charge in [0.05, 0.1) is 9.90 Å². The molecule has 1 nitrogen and oxygen atoms in total. The fourth-order valence-electron chi connectivity index (χ4n) is 1.59. The number of benzene rings is 1. The molecule has 0 unspecified atom stereocenters. The van der Waals surface area contributed by atoms with Crippen molar-refractivity contribution in [3.05, 3.63) is 41.3 Å². The van der Waals surface area contributed by atoms with Gasteiger partial charge in [0, 0.05) is 10.5 Å². The van der Waals surface area contributed by atoms with Gasteiger partial charge in [0.1, 0.15) is 5.04 Å². The summed E-state index contributed by atoms with van der Waals surface area (Å²) in [7, 11) is 0. The van der Waals surface area contributed by atoms with Crippen LogP contribution in [0.2, 0.25) is 0 Å². The van der Waals surface area contributed by atoms with Crippen molar-refractivity contribution in [1.82, 2.24) is 0 Å². The zero-order valence-electron chi connectivity index (χ0n) is 8.64. The van der Waals surface area contributed by atoms with E-state index in [0.717, 1.165) is 10.7 Å². The second-order valence-electron chi connectivity index (χ2n) is 3.31. The summed E-state index contributed by atoms with van der Waals surface area (Å²) in [5.74, 6) is 0. The number of thiophene rings is 1. The zero-order valence-corrected chi connectivity index (χ0v) is 11.1. The molecule has 1 aliphatic heterocycles. The van der Waals surface area contributed by atoms with E-state index < -0.39 is 0 Å². The molecular formula is C12H9NS3. The maximum absolute atomic E-state index is 4.74. The van der Waals surface area contributed by atoms with Crippen LogP contribution in [0, 0.1) is 0 Å². The van der Waals surface area contributed by atoms with E-state index in [2.05, 4.69) is 35.9 Å². The summed E-state index contributed by atoms with van der Waals surface area (Å²) in [6, 6.07) is 10.5. The minimum Gasteiger partial charge on any atom is -0.240 e. The summed E-state index contributed by atoms with van der Waals surface area (Å²) < 4.78 is 1.35. The van der Waals surface area contributed by atoms with E-state index >= 15 is 0 Å². The number of hydrogen-bond acceptors (Lipinski definition) is 4. The SMILES string of the molecule is CSC1=Nc2ccccc2Sc2sccc21. The number of hydrogen-bond donors (Lipinski definition) is 0. The number of aliphatic imine (C=N–C) groups is 1. The van der Waals surface area contributed by atoms with E-state index in [1.807, 2.05) is 17.8 Å². The highest BCUT2D eigenvalue weighted by Crippen LogP contribution is 2.43. The first-order chi connectivity index (χ1) is 7.88. The van der Waals surface area contributed by atoms with Gasteiger partial charge in [0.25, 0.3) is 0 Å². The topological polar surface area (TPSA) is 12.4 Å². The van der Waals surface area contributed by atoms with Gasteiger partial charge in [0.2, 0.25) is 0 Å². The number of thioether (sulfide) groups is 1. The maximum Gasteiger partial charge on any atom is 0.106 e. The molecule has 0 fully saturated rings. The Bertz CT molecular complexity index is 557. The minimum atomic E-state index is 1.08. The van der Waals surface area contributed by atoms with Crippen molar-refractivity contribution in [2.24, 2.45) is 4.99 Å². The van der Waals surface area contributed by atoms with Crippen molar-refractivity contribution in [3.8, 4) is 0 Å². The van der Waals surface area contributed by atoms with Crippen molar-refractivity contribution >= 4 is 45.6 Å². The van der Waals surface area contributed by atoms with Crippen LogP contribution in [0.3, 0.4) is 0 Å². The Labute approximate surface area is 107 Å². The average Bonchev–Trinajstić information content (AvgIpc) is 2.70. The molecule has 0 spiro atoms. The lowest BCUT2D eigenvalue weighted by molar-refractivity contribution is 1.39. The minimum absolute atomic E-state index is 1.08. The molecule has 0 N–H and O–H groups in total. The third-order valence-corrected chi connectivity index (χ3v) is 5.26. The monoisotopic (exact) mass is 263 g/mol. The number of para-hydroxylation sites is 1. The first-order valence-electron chi connectivity index (χ1n) is 4.86. The van der Waals surface area contributed by atoms with E-state index in [-0.39, 0.29) is 0 Å². The van der Waals surface area contributed by atoms with Crippen LogP contribution in [0.25, 0.3) is 0 Å². The largest absolute Gasteiger partial charge is 0.240 e. The van der Waals surface area contributed by atoms with Gasteiger partial charge >= 0.3 is 0 Å². The zero-order chi connectivity index (χ0) is 11.0. The molecule has 1 aromatic heterocycles. The second-order valence-corrected chi connectivity index (χ2v) is 6.33. The quantitative estimate of drug-likeness (QED) is 0.685. The Hall–Kier alpha value is -0.710. The number of rotatable bonds is 0. The van der Waals surface area contributed by atoms with Crippen LogP contribution in [0.4, 0.5) is 5.69 Å². The molecule has 0 saturated heterocycles. The lowest BCUT2D eigenvalue weighted by Crippen LogP contribution is -1.91. The summed E-state index contributed by atoms with van der Waals surface area (Å²) in [5, 5.41) is 3.26. The molecule has 3 rings (SSSR count). The van der Waals surface area contributed by atoms with Crippen LogP contribution in [0.5, 0.6) is 0 Å². The summed E-state index contributed by atoms with van der Waals surface area (Å²) in [4.78, 5) is 5.98. The molecule has 0 aliphatic carbocycles. The Kier molecular flexibility index (Phi) is 2.79. The normalized spacial score (nSPS) is 13.7. The van der Waals surface area contributed by atoms with Gasteiger partial charge in [-0.2, -0.15) is 0 Å². The van der Waals surface area contributed by atoms with Gasteiger partial charge in [-0.05, 0) is 29.8 Å². The molecule has 0 atom stereocenters. The van der Waals surface area contributed by atoms with Crippen LogP contribution < -0.4 is 0 Å². The van der Waals surface area contributed by atoms with Crippen LogP contribution in [0.15, 0.2) is 49.8 Å². The van der Waals surface area contributed by atoms with E-state index in [9.17, 15) is 0 Å². The lowest BCUT2D eigenvalue weighted by atomic mass is 10.3. The summed E-state index contributed by atoms with van der Waals surface area (Å²) in [6.45, 7) is 0. The fraction of sp³-hybridized carbons (Fsp3) is 0.0833. The predicted octanol–water partition coefficient (Wildman–Crippen LogP) is 4.65. The van der Waals surface area contributed by atoms with Gasteiger partial charge in [-0.15, -0.1) is 23.1 Å². The highest BCUT2D eigenvalue weighted by molar-refractivity contribution is 8.14. The van der Waals surface area contributed by atoms with Crippen molar-refractivity contribution in [3.63, 3.8) is 0 Å². The van der Waals surface area contributed by atoms with Crippen molar-refractivity contribution in [2.75, 3.05) is 6.26 Å². The Morgan fingerprint density at radius 1 is 1.19 bits per heavy atom. The van der Waals surface area contributed by atoms with Gasteiger partial charge in [-0.25, -0.2) is 4.99 Å². The molecule has 80 valence electrons. The molecule has 0 radical (unpaired) electrons. The van der Waals surface area contributed by atoms with E-state index in [1.54, 1.807) is 23.1 Å². The molecule has 16 heavy (non-hydrogen) atoms. The fourth-order valence-corrected chi connectivity index (χ4v) is 4.39. The molecular weight excluding hydrogens is 254 g/mol. The van der Waals surface area contributed by atoms with Gasteiger partial charge in [0.15, 0.2) is 0 Å². The molecule has 1 aliphatic rings. The summed E-state index contributed by atoms with van der Waals surface area (Å²) >= 11 is 5.32. The first-order valence-corrected chi connectivity index (χ1v) is 7.78. The second kappa shape index (κ2) is 4.28. The van der Waals surface area contributed by atoms with E-state index in [4.69, 9.17) is 4.99 Å². The highest BCUT2D eigenvalue weighted by Gasteiger charge is 2.17. The molecule has 1 aromatic carbocycles. The molecule has 2 aromatic rings. The van der Waals surface area contributed by atoms with Crippen LogP contribution in [0.1, 0.15) is 5.56 Å². The predicted molar refractivity (Wildman–Crippen MR) is 74.6 cm³/mol. The Morgan fingerprint density at radius 2 is 2.06 bits per heavy atom. The molecule has 0 saturated carbocycles. The van der Waals surface area contributed by atoms with Crippen molar-refractivity contribution in [2.45, 2.75) is 9.10 Å². The van der Waals surface area contributed by atoms with Crippen LogP contribution in [-0.2, 0) is 0 Å². The Balaban J connectivity index is 2.23. The van der Waals surface area contributed by atoms with Gasteiger partial charge in [-0.3, -0.25) is 0 Å².